The average Bonchev–Trinajstić information content (AvgIpc) is 2.69. The van der Waals surface area contributed by atoms with Crippen molar-refractivity contribution in [2.45, 2.75) is 19.3 Å². The van der Waals surface area contributed by atoms with Gasteiger partial charge < -0.3 is 10.2 Å². The van der Waals surface area contributed by atoms with E-state index in [0.717, 1.165) is 11.3 Å². The van der Waals surface area contributed by atoms with Crippen molar-refractivity contribution in [2.24, 2.45) is 0 Å². The standard InChI is InChI=1S/C18H18N2O2/c1-18(2)14-11-13(9-10-15(14)20(3)17(18)22)19-16(21)12-7-5-4-6-8-12/h4-11H,1-3H3,(H,19,21). The highest BCUT2D eigenvalue weighted by molar-refractivity contribution is 6.08. The molecule has 0 saturated carbocycles. The summed E-state index contributed by atoms with van der Waals surface area (Å²) in [7, 11) is 1.78. The maximum Gasteiger partial charge on any atom is 0.255 e. The van der Waals surface area contributed by atoms with Crippen LogP contribution in [-0.4, -0.2) is 18.9 Å². The van der Waals surface area contributed by atoms with Crippen molar-refractivity contribution < 1.29 is 9.59 Å². The minimum absolute atomic E-state index is 0.0639. The van der Waals surface area contributed by atoms with Gasteiger partial charge in [-0.05, 0) is 49.7 Å². The Bertz CT molecular complexity index is 751. The SMILES string of the molecule is CN1C(=O)C(C)(C)c2cc(NC(=O)c3ccccc3)ccc21. The molecule has 2 amide bonds. The Morgan fingerprint density at radius 1 is 1.09 bits per heavy atom. The predicted molar refractivity (Wildman–Crippen MR) is 87.3 cm³/mol. The molecule has 1 heterocycles. The van der Waals surface area contributed by atoms with Crippen LogP contribution < -0.4 is 10.2 Å². The number of rotatable bonds is 2. The van der Waals surface area contributed by atoms with Crippen LogP contribution in [0.5, 0.6) is 0 Å². The molecule has 3 rings (SSSR count). The van der Waals surface area contributed by atoms with E-state index in [-0.39, 0.29) is 11.8 Å². The summed E-state index contributed by atoms with van der Waals surface area (Å²) in [5.74, 6) is -0.0925. The van der Waals surface area contributed by atoms with Gasteiger partial charge in [-0.3, -0.25) is 9.59 Å². The molecular formula is C18H18N2O2. The molecule has 4 nitrogen and oxygen atoms in total. The number of carbonyl (C=O) groups is 2. The van der Waals surface area contributed by atoms with Crippen molar-refractivity contribution in [1.29, 1.82) is 0 Å². The van der Waals surface area contributed by atoms with Crippen LogP contribution >= 0.6 is 0 Å². The summed E-state index contributed by atoms with van der Waals surface area (Å²) in [5, 5.41) is 2.89. The Balaban J connectivity index is 1.91. The zero-order valence-corrected chi connectivity index (χ0v) is 12.9. The van der Waals surface area contributed by atoms with Crippen molar-refractivity contribution in [2.75, 3.05) is 17.3 Å². The molecule has 0 radical (unpaired) electrons. The Labute approximate surface area is 129 Å². The lowest BCUT2D eigenvalue weighted by Crippen LogP contribution is -2.33. The number of nitrogens with one attached hydrogen (secondary N) is 1. The fourth-order valence-corrected chi connectivity index (χ4v) is 2.84. The molecule has 0 atom stereocenters. The maximum atomic E-state index is 12.3. The van der Waals surface area contributed by atoms with E-state index in [0.29, 0.717) is 11.3 Å². The number of hydrogen-bond acceptors (Lipinski definition) is 2. The normalized spacial score (nSPS) is 15.6. The molecule has 1 N–H and O–H groups in total. The summed E-state index contributed by atoms with van der Waals surface area (Å²) in [5.41, 5.74) is 2.56. The third-order valence-corrected chi connectivity index (χ3v) is 4.16. The van der Waals surface area contributed by atoms with E-state index < -0.39 is 5.41 Å². The number of likely N-dealkylation sites (N-methyl/N-ethyl adjacent to an activating group) is 1. The van der Waals surface area contributed by atoms with Gasteiger partial charge in [-0.15, -0.1) is 0 Å². The predicted octanol–water partition coefficient (Wildman–Crippen LogP) is 3.19. The summed E-state index contributed by atoms with van der Waals surface area (Å²) < 4.78 is 0. The zero-order valence-electron chi connectivity index (χ0n) is 12.9. The highest BCUT2D eigenvalue weighted by atomic mass is 16.2. The maximum absolute atomic E-state index is 12.3. The number of anilines is 2. The van der Waals surface area contributed by atoms with E-state index in [1.54, 1.807) is 24.1 Å². The molecule has 0 aliphatic carbocycles. The molecule has 0 spiro atoms. The lowest BCUT2D eigenvalue weighted by atomic mass is 9.86. The molecule has 0 unspecified atom stereocenters. The summed E-state index contributed by atoms with van der Waals surface area (Å²) in [6.07, 6.45) is 0. The second kappa shape index (κ2) is 4.98. The first-order valence-electron chi connectivity index (χ1n) is 7.20. The van der Waals surface area contributed by atoms with Gasteiger partial charge in [-0.25, -0.2) is 0 Å². The smallest absolute Gasteiger partial charge is 0.255 e. The second-order valence-corrected chi connectivity index (χ2v) is 6.04. The summed E-state index contributed by atoms with van der Waals surface area (Å²) in [6, 6.07) is 14.7. The molecule has 0 aromatic heterocycles. The van der Waals surface area contributed by atoms with Crippen LogP contribution in [0.2, 0.25) is 0 Å². The molecule has 2 aromatic rings. The Morgan fingerprint density at radius 2 is 1.77 bits per heavy atom. The third kappa shape index (κ3) is 2.17. The molecular weight excluding hydrogens is 276 g/mol. The molecule has 1 aliphatic heterocycles. The highest BCUT2D eigenvalue weighted by Gasteiger charge is 2.42. The van der Waals surface area contributed by atoms with Crippen LogP contribution in [-0.2, 0) is 10.2 Å². The van der Waals surface area contributed by atoms with Gasteiger partial charge in [0.05, 0.1) is 5.41 Å². The number of fused-ring (bicyclic) bond motifs is 1. The van der Waals surface area contributed by atoms with Crippen molar-refractivity contribution in [3.63, 3.8) is 0 Å². The fourth-order valence-electron chi connectivity index (χ4n) is 2.84. The second-order valence-electron chi connectivity index (χ2n) is 6.04. The van der Waals surface area contributed by atoms with E-state index >= 15 is 0 Å². The summed E-state index contributed by atoms with van der Waals surface area (Å²) >= 11 is 0. The number of nitrogens with zero attached hydrogens (tertiary/aromatic N) is 1. The lowest BCUT2D eigenvalue weighted by molar-refractivity contribution is -0.121. The van der Waals surface area contributed by atoms with Gasteiger partial charge in [0.15, 0.2) is 0 Å². The first-order chi connectivity index (χ1) is 10.4. The number of carbonyl (C=O) groups excluding carboxylic acids is 2. The fraction of sp³-hybridized carbons (Fsp3) is 0.222. The molecule has 0 bridgehead atoms. The first kappa shape index (κ1) is 14.3. The highest BCUT2D eigenvalue weighted by Crippen LogP contribution is 2.41. The lowest BCUT2D eigenvalue weighted by Gasteiger charge is -2.16. The number of hydrogen-bond donors (Lipinski definition) is 1. The summed E-state index contributed by atoms with van der Waals surface area (Å²) in [6.45, 7) is 3.81. The topological polar surface area (TPSA) is 49.4 Å². The van der Waals surface area contributed by atoms with Gasteiger partial charge in [0, 0.05) is 24.0 Å². The van der Waals surface area contributed by atoms with Gasteiger partial charge in [-0.2, -0.15) is 0 Å². The van der Waals surface area contributed by atoms with E-state index in [1.807, 2.05) is 50.2 Å². The Kier molecular flexibility index (Phi) is 3.24. The largest absolute Gasteiger partial charge is 0.322 e. The quantitative estimate of drug-likeness (QED) is 0.924. The summed E-state index contributed by atoms with van der Waals surface area (Å²) in [4.78, 5) is 26.2. The number of amides is 2. The molecule has 0 saturated heterocycles. The van der Waals surface area contributed by atoms with Gasteiger partial charge in [0.25, 0.3) is 5.91 Å². The average molecular weight is 294 g/mol. The Hall–Kier alpha value is -2.62. The van der Waals surface area contributed by atoms with E-state index in [1.165, 1.54) is 0 Å². The van der Waals surface area contributed by atoms with Crippen LogP contribution in [0.1, 0.15) is 29.8 Å². The van der Waals surface area contributed by atoms with E-state index in [2.05, 4.69) is 5.32 Å². The van der Waals surface area contributed by atoms with Crippen molar-refractivity contribution in [3.05, 3.63) is 59.7 Å². The van der Waals surface area contributed by atoms with Gasteiger partial charge in [0.2, 0.25) is 5.91 Å². The van der Waals surface area contributed by atoms with Crippen LogP contribution in [0, 0.1) is 0 Å². The van der Waals surface area contributed by atoms with Gasteiger partial charge in [-0.1, -0.05) is 18.2 Å². The zero-order chi connectivity index (χ0) is 15.9. The van der Waals surface area contributed by atoms with Gasteiger partial charge in [0.1, 0.15) is 0 Å². The van der Waals surface area contributed by atoms with Crippen molar-refractivity contribution in [3.8, 4) is 0 Å². The molecule has 112 valence electrons. The minimum atomic E-state index is -0.572. The number of benzene rings is 2. The molecule has 22 heavy (non-hydrogen) atoms. The van der Waals surface area contributed by atoms with Crippen LogP contribution in [0.3, 0.4) is 0 Å². The molecule has 2 aromatic carbocycles. The minimum Gasteiger partial charge on any atom is -0.322 e. The van der Waals surface area contributed by atoms with Crippen LogP contribution in [0.4, 0.5) is 11.4 Å². The Morgan fingerprint density at radius 3 is 2.45 bits per heavy atom. The first-order valence-corrected chi connectivity index (χ1v) is 7.20. The molecule has 1 aliphatic rings. The molecule has 4 heteroatoms. The van der Waals surface area contributed by atoms with E-state index in [9.17, 15) is 9.59 Å². The monoisotopic (exact) mass is 294 g/mol. The molecule has 0 fully saturated rings. The van der Waals surface area contributed by atoms with E-state index in [4.69, 9.17) is 0 Å². The van der Waals surface area contributed by atoms with Crippen LogP contribution in [0.15, 0.2) is 48.5 Å². The third-order valence-electron chi connectivity index (χ3n) is 4.16. The van der Waals surface area contributed by atoms with Crippen molar-refractivity contribution >= 4 is 23.2 Å². The van der Waals surface area contributed by atoms with Crippen LogP contribution in [0.25, 0.3) is 0 Å². The van der Waals surface area contributed by atoms with Gasteiger partial charge >= 0.3 is 0 Å². The van der Waals surface area contributed by atoms with Crippen molar-refractivity contribution in [1.82, 2.24) is 0 Å².